The molecule has 0 spiro atoms. The number of hydrogen-bond acceptors (Lipinski definition) is 5. The highest BCUT2D eigenvalue weighted by atomic mass is 16.5. The quantitative estimate of drug-likeness (QED) is 0.102. The van der Waals surface area contributed by atoms with Crippen LogP contribution in [-0.2, 0) is 0 Å². The van der Waals surface area contributed by atoms with Crippen LogP contribution in [0.4, 0.5) is 0 Å². The van der Waals surface area contributed by atoms with Gasteiger partial charge >= 0.3 is 0 Å². The number of benzene rings is 9. The van der Waals surface area contributed by atoms with Gasteiger partial charge in [0.1, 0.15) is 46.0 Å². The van der Waals surface area contributed by atoms with Crippen LogP contribution in [0.3, 0.4) is 0 Å². The summed E-state index contributed by atoms with van der Waals surface area (Å²) in [5.74, 6) is 5.46. The molecule has 0 fully saturated rings. The van der Waals surface area contributed by atoms with E-state index in [1.165, 1.54) is 0 Å². The molecule has 9 aromatic rings. The smallest absolute Gasteiger partial charge is 0.170 e. The lowest BCUT2D eigenvalue weighted by Gasteiger charge is -2.23. The van der Waals surface area contributed by atoms with E-state index >= 15 is 4.79 Å². The molecule has 5 heteroatoms. The largest absolute Gasteiger partial charge is 0.457 e. The van der Waals surface area contributed by atoms with E-state index in [2.05, 4.69) is 134 Å². The third-order valence-corrected chi connectivity index (χ3v) is 13.1. The zero-order chi connectivity index (χ0) is 51.5. The number of aryl methyl sites for hydroxylation is 8. The molecule has 0 saturated carbocycles. The van der Waals surface area contributed by atoms with Crippen LogP contribution in [0.2, 0.25) is 0 Å². The maximum absolute atomic E-state index is 15.6. The number of ketones is 1. The minimum absolute atomic E-state index is 0.00626. The molecule has 5 nitrogen and oxygen atoms in total. The van der Waals surface area contributed by atoms with Gasteiger partial charge in [-0.2, -0.15) is 0 Å². The third-order valence-electron chi connectivity index (χ3n) is 13.1. The van der Waals surface area contributed by atoms with Crippen molar-refractivity contribution in [2.24, 2.45) is 5.92 Å². The van der Waals surface area contributed by atoms with E-state index in [0.717, 1.165) is 118 Å². The number of allylic oxidation sites excluding steroid dienone is 4. The number of hydrogen-bond donors (Lipinski definition) is 0. The van der Waals surface area contributed by atoms with Gasteiger partial charge in [-0.1, -0.05) is 84.9 Å². The van der Waals surface area contributed by atoms with E-state index in [1.807, 2.05) is 121 Å². The Labute approximate surface area is 436 Å². The normalized spacial score (nSPS) is 13.2. The van der Waals surface area contributed by atoms with Gasteiger partial charge in [0.25, 0.3) is 0 Å². The van der Waals surface area contributed by atoms with Crippen LogP contribution in [0, 0.1) is 61.3 Å². The first kappa shape index (κ1) is 48.9. The predicted molar refractivity (Wildman–Crippen MR) is 303 cm³/mol. The fourth-order valence-corrected chi connectivity index (χ4v) is 10.2. The summed E-state index contributed by atoms with van der Waals surface area (Å²) in [6, 6.07) is 63.6. The van der Waals surface area contributed by atoms with E-state index in [4.69, 9.17) is 18.9 Å². The first-order valence-electron chi connectivity index (χ1n) is 25.3. The first-order chi connectivity index (χ1) is 35.7. The van der Waals surface area contributed by atoms with Crippen LogP contribution in [0.25, 0.3) is 33.4 Å². The maximum Gasteiger partial charge on any atom is 0.170 e. The zero-order valence-corrected chi connectivity index (χ0v) is 43.4. The molecule has 0 bridgehead atoms. The molecule has 366 valence electrons. The molecular formula is C69H60O5. The molecule has 0 radical (unpaired) electrons. The molecule has 1 aliphatic rings. The first-order valence-corrected chi connectivity index (χ1v) is 25.3. The molecule has 0 aliphatic heterocycles. The highest BCUT2D eigenvalue weighted by molar-refractivity contribution is 6.04. The van der Waals surface area contributed by atoms with Gasteiger partial charge in [-0.15, -0.1) is 0 Å². The Hall–Kier alpha value is -8.67. The van der Waals surface area contributed by atoms with E-state index < -0.39 is 5.92 Å². The Balaban J connectivity index is 1.06. The summed E-state index contributed by atoms with van der Waals surface area (Å²) in [6.07, 6.45) is 4.81. The van der Waals surface area contributed by atoms with Crippen molar-refractivity contribution in [3.63, 3.8) is 0 Å². The van der Waals surface area contributed by atoms with E-state index in [-0.39, 0.29) is 5.78 Å². The SMILES string of the molecule is Cc1cc(C)cc(Oc2cccc(C3=CC(C(=O)c4cc(-c5cccc(Oc6cc(C)cc(C)c6)c5)cc(-c5cccc(Oc6cc(C)cc(C)c6)c5)c4)CC(c4cccc(Oc5cc(C)cc(C)c5)c4)=C3)c2)c1. The molecule has 1 unspecified atom stereocenters. The van der Waals surface area contributed by atoms with Crippen LogP contribution in [0.5, 0.6) is 46.0 Å². The Morgan fingerprint density at radius 2 is 0.662 bits per heavy atom. The van der Waals surface area contributed by atoms with Gasteiger partial charge in [0, 0.05) is 11.5 Å². The van der Waals surface area contributed by atoms with Crippen molar-refractivity contribution in [1.29, 1.82) is 0 Å². The highest BCUT2D eigenvalue weighted by Gasteiger charge is 2.26. The van der Waals surface area contributed by atoms with Crippen molar-refractivity contribution < 1.29 is 23.7 Å². The molecule has 1 aliphatic carbocycles. The molecule has 0 heterocycles. The van der Waals surface area contributed by atoms with Gasteiger partial charge in [-0.05, 0) is 266 Å². The van der Waals surface area contributed by atoms with Crippen molar-refractivity contribution in [2.45, 2.75) is 61.8 Å². The van der Waals surface area contributed by atoms with Crippen molar-refractivity contribution in [3.8, 4) is 68.2 Å². The average Bonchev–Trinajstić information content (AvgIpc) is 3.35. The monoisotopic (exact) mass is 968 g/mol. The van der Waals surface area contributed by atoms with Gasteiger partial charge in [0.15, 0.2) is 5.78 Å². The summed E-state index contributed by atoms with van der Waals surface area (Å²) in [7, 11) is 0. The Bertz CT molecular complexity index is 3470. The van der Waals surface area contributed by atoms with Crippen molar-refractivity contribution in [3.05, 3.63) is 261 Å². The lowest BCUT2D eigenvalue weighted by molar-refractivity contribution is 0.0947. The third kappa shape index (κ3) is 12.0. The van der Waals surface area contributed by atoms with Crippen LogP contribution < -0.4 is 18.9 Å². The molecule has 1 atom stereocenters. The summed E-state index contributed by atoms with van der Waals surface area (Å²) < 4.78 is 25.9. The number of carbonyl (C=O) groups excluding carboxylic acids is 1. The Morgan fingerprint density at radius 3 is 1.04 bits per heavy atom. The summed E-state index contributed by atoms with van der Waals surface area (Å²) in [5, 5.41) is 0. The fraction of sp³-hybridized carbons (Fsp3) is 0.145. The Morgan fingerprint density at radius 1 is 0.338 bits per heavy atom. The molecular weight excluding hydrogens is 909 g/mol. The molecule has 10 rings (SSSR count). The van der Waals surface area contributed by atoms with Crippen LogP contribution >= 0.6 is 0 Å². The number of ether oxygens (including phenoxy) is 4. The van der Waals surface area contributed by atoms with Gasteiger partial charge in [0.2, 0.25) is 0 Å². The number of Topliss-reactive ketones (excluding diaryl/α,β-unsaturated/α-hetero) is 1. The van der Waals surface area contributed by atoms with Gasteiger partial charge in [-0.25, -0.2) is 0 Å². The minimum atomic E-state index is -0.514. The van der Waals surface area contributed by atoms with Crippen LogP contribution in [0.15, 0.2) is 200 Å². The van der Waals surface area contributed by atoms with E-state index in [9.17, 15) is 0 Å². The molecule has 0 aromatic heterocycles. The molecule has 9 aromatic carbocycles. The second-order valence-electron chi connectivity index (χ2n) is 20.1. The van der Waals surface area contributed by atoms with Crippen molar-refractivity contribution >= 4 is 16.9 Å². The lowest BCUT2D eigenvalue weighted by atomic mass is 9.80. The fourth-order valence-electron chi connectivity index (χ4n) is 10.2. The molecule has 0 saturated heterocycles. The summed E-state index contributed by atoms with van der Waals surface area (Å²) in [5.41, 5.74) is 17.2. The topological polar surface area (TPSA) is 54.0 Å². The second-order valence-corrected chi connectivity index (χ2v) is 20.1. The number of carbonyl (C=O) groups is 1. The number of rotatable bonds is 14. The predicted octanol–water partition coefficient (Wildman–Crippen LogP) is 19.0. The standard InChI is InChI=1S/C69H60O5/c1-43-21-44(2)26-65(25-43)71-61-17-9-13-51(39-61)55-33-56(52-14-10-18-62(40-52)72-66-27-45(3)22-46(4)28-66)36-59(35-55)69(70)60-37-57(53-15-11-19-63(41-53)73-67-29-47(5)23-48(6)30-67)34-58(38-60)54-16-12-20-64(42-54)74-68-31-49(7)24-50(8)32-68/h9-37,39-42,60H,38H2,1-8H3. The molecule has 74 heavy (non-hydrogen) atoms. The molecule has 0 N–H and O–H groups in total. The van der Waals surface area contributed by atoms with Crippen molar-refractivity contribution in [2.75, 3.05) is 0 Å². The van der Waals surface area contributed by atoms with E-state index in [1.54, 1.807) is 0 Å². The van der Waals surface area contributed by atoms with Gasteiger partial charge < -0.3 is 18.9 Å². The summed E-state index contributed by atoms with van der Waals surface area (Å²) in [6.45, 7) is 16.6. The van der Waals surface area contributed by atoms with Crippen molar-refractivity contribution in [1.82, 2.24) is 0 Å². The minimum Gasteiger partial charge on any atom is -0.457 e. The highest BCUT2D eigenvalue weighted by Crippen LogP contribution is 2.41. The van der Waals surface area contributed by atoms with Crippen LogP contribution in [0.1, 0.15) is 72.4 Å². The average molecular weight is 969 g/mol. The second kappa shape index (κ2) is 21.2. The van der Waals surface area contributed by atoms with Gasteiger partial charge in [0.05, 0.1) is 0 Å². The zero-order valence-electron chi connectivity index (χ0n) is 43.4. The lowest BCUT2D eigenvalue weighted by Crippen LogP contribution is -2.16. The summed E-state index contributed by atoms with van der Waals surface area (Å²) in [4.78, 5) is 15.6. The van der Waals surface area contributed by atoms with Crippen LogP contribution in [-0.4, -0.2) is 5.78 Å². The Kier molecular flexibility index (Phi) is 14.0. The molecule has 0 amide bonds. The van der Waals surface area contributed by atoms with Gasteiger partial charge in [-0.3, -0.25) is 4.79 Å². The maximum atomic E-state index is 15.6. The van der Waals surface area contributed by atoms with E-state index in [0.29, 0.717) is 29.2 Å². The summed E-state index contributed by atoms with van der Waals surface area (Å²) >= 11 is 0.